The topological polar surface area (TPSA) is 50.7 Å². The number of hydrogen-bond acceptors (Lipinski definition) is 4. The third-order valence-corrected chi connectivity index (χ3v) is 5.95. The first-order chi connectivity index (χ1) is 18.0. The van der Waals surface area contributed by atoms with Crippen LogP contribution in [0.2, 0.25) is 5.02 Å². The van der Waals surface area contributed by atoms with E-state index in [4.69, 9.17) is 26.6 Å². The highest BCUT2D eigenvalue weighted by Crippen LogP contribution is 2.31. The molecule has 37 heavy (non-hydrogen) atoms. The second-order valence-electron chi connectivity index (χ2n) is 8.19. The second-order valence-corrected chi connectivity index (χ2v) is 8.62. The van der Waals surface area contributed by atoms with Gasteiger partial charge in [0.25, 0.3) is 0 Å². The fraction of sp³-hybridized carbons (Fsp3) is 0.156. The standard InChI is InChI=1S/C32H33ClN4/c1-7-12-14-23(11-5)31-35-30(22(9-3)10-4)36-32(37-31)27-19-26(20-28(33)21-27)24-15-17-25(18-16-24)29(34-6)13-8-2/h7,9-21,34H,3,5,8H2,1-2,4,6H3/b12-7-,22-10+,23-14+,29-13-. The Kier molecular flexibility index (Phi) is 9.93. The molecular formula is C32H33ClN4. The molecule has 4 nitrogen and oxygen atoms in total. The minimum absolute atomic E-state index is 0.526. The molecule has 5 heteroatoms. The third-order valence-electron chi connectivity index (χ3n) is 5.73. The second kappa shape index (κ2) is 13.3. The fourth-order valence-electron chi connectivity index (χ4n) is 3.83. The van der Waals surface area contributed by atoms with Crippen molar-refractivity contribution in [2.45, 2.75) is 27.2 Å². The van der Waals surface area contributed by atoms with E-state index in [9.17, 15) is 0 Å². The van der Waals surface area contributed by atoms with Gasteiger partial charge in [0.2, 0.25) is 0 Å². The van der Waals surface area contributed by atoms with Crippen LogP contribution in [0.1, 0.15) is 44.4 Å². The molecule has 3 aromatic rings. The van der Waals surface area contributed by atoms with Crippen LogP contribution in [0.4, 0.5) is 0 Å². The minimum Gasteiger partial charge on any atom is -0.388 e. The Hall–Kier alpha value is -4.02. The van der Waals surface area contributed by atoms with Crippen molar-refractivity contribution >= 4 is 28.4 Å². The SMILES string of the molecule is C=C/C(=C\C)c1nc(/C(C=C)=C/C=C\C)nc(-c2cc(Cl)cc(-c3ccc(/C(=C/CC)NC)cc3)c2)n1. The molecule has 0 atom stereocenters. The summed E-state index contributed by atoms with van der Waals surface area (Å²) in [7, 11) is 1.94. The van der Waals surface area contributed by atoms with Crippen LogP contribution in [0.25, 0.3) is 39.4 Å². The molecule has 0 saturated heterocycles. The van der Waals surface area contributed by atoms with Crippen molar-refractivity contribution in [3.8, 4) is 22.5 Å². The first-order valence-electron chi connectivity index (χ1n) is 12.3. The summed E-state index contributed by atoms with van der Waals surface area (Å²) < 4.78 is 0. The molecule has 0 aliphatic carbocycles. The van der Waals surface area contributed by atoms with E-state index >= 15 is 0 Å². The smallest absolute Gasteiger partial charge is 0.164 e. The van der Waals surface area contributed by atoms with E-state index in [2.05, 4.69) is 61.8 Å². The molecule has 0 aliphatic rings. The predicted molar refractivity (Wildman–Crippen MR) is 160 cm³/mol. The first kappa shape index (κ1) is 27.6. The van der Waals surface area contributed by atoms with E-state index < -0.39 is 0 Å². The Bertz CT molecular complexity index is 1390. The van der Waals surface area contributed by atoms with Crippen LogP contribution in [-0.4, -0.2) is 22.0 Å². The average Bonchev–Trinajstić information content (AvgIpc) is 2.92. The number of halogens is 1. The number of nitrogens with zero attached hydrogens (tertiary/aromatic N) is 3. The monoisotopic (exact) mass is 508 g/mol. The Balaban J connectivity index is 2.15. The lowest BCUT2D eigenvalue weighted by Gasteiger charge is -2.12. The van der Waals surface area contributed by atoms with Crippen molar-refractivity contribution in [3.05, 3.63) is 120 Å². The first-order valence-corrected chi connectivity index (χ1v) is 12.7. The lowest BCUT2D eigenvalue weighted by atomic mass is 10.0. The molecule has 188 valence electrons. The van der Waals surface area contributed by atoms with Gasteiger partial charge in [-0.15, -0.1) is 0 Å². The molecule has 0 unspecified atom stereocenters. The summed E-state index contributed by atoms with van der Waals surface area (Å²) in [6.45, 7) is 13.9. The van der Waals surface area contributed by atoms with E-state index in [0.717, 1.165) is 45.5 Å². The Labute approximate surface area is 225 Å². The van der Waals surface area contributed by atoms with Crippen LogP contribution < -0.4 is 5.32 Å². The zero-order valence-corrected chi connectivity index (χ0v) is 22.7. The molecule has 1 N–H and O–H groups in total. The zero-order chi connectivity index (χ0) is 26.8. The summed E-state index contributed by atoms with van der Waals surface area (Å²) in [5, 5.41) is 3.87. The number of allylic oxidation sites excluding steroid dienone is 9. The average molecular weight is 509 g/mol. The largest absolute Gasteiger partial charge is 0.388 e. The normalized spacial score (nSPS) is 12.6. The number of rotatable bonds is 10. The summed E-state index contributed by atoms with van der Waals surface area (Å²) in [4.78, 5) is 14.3. The minimum atomic E-state index is 0.526. The molecule has 3 rings (SSSR count). The highest BCUT2D eigenvalue weighted by molar-refractivity contribution is 6.31. The molecule has 0 radical (unpaired) electrons. The summed E-state index contributed by atoms with van der Waals surface area (Å²) in [6.07, 6.45) is 14.3. The van der Waals surface area contributed by atoms with Crippen molar-refractivity contribution in [2.75, 3.05) is 7.05 Å². The van der Waals surface area contributed by atoms with Crippen LogP contribution in [0, 0.1) is 0 Å². The van der Waals surface area contributed by atoms with Gasteiger partial charge in [-0.3, -0.25) is 0 Å². The van der Waals surface area contributed by atoms with Gasteiger partial charge in [-0.25, -0.2) is 15.0 Å². The Morgan fingerprint density at radius 3 is 2.11 bits per heavy atom. The van der Waals surface area contributed by atoms with Gasteiger partial charge in [0.15, 0.2) is 17.5 Å². The van der Waals surface area contributed by atoms with Crippen molar-refractivity contribution < 1.29 is 0 Å². The van der Waals surface area contributed by atoms with E-state index in [1.165, 1.54) is 0 Å². The summed E-state index contributed by atoms with van der Waals surface area (Å²) in [5.41, 5.74) is 6.68. The molecule has 0 spiro atoms. The summed E-state index contributed by atoms with van der Waals surface area (Å²) in [6, 6.07) is 14.3. The quantitative estimate of drug-likeness (QED) is 0.278. The van der Waals surface area contributed by atoms with Crippen molar-refractivity contribution in [2.24, 2.45) is 0 Å². The number of aromatic nitrogens is 3. The molecule has 2 aromatic carbocycles. The van der Waals surface area contributed by atoms with E-state index in [1.54, 1.807) is 12.2 Å². The third kappa shape index (κ3) is 6.81. The van der Waals surface area contributed by atoms with Gasteiger partial charge in [-0.2, -0.15) is 0 Å². The van der Waals surface area contributed by atoms with E-state index in [-0.39, 0.29) is 0 Å². The highest BCUT2D eigenvalue weighted by atomic mass is 35.5. The van der Waals surface area contributed by atoms with Crippen LogP contribution in [0.3, 0.4) is 0 Å². The van der Waals surface area contributed by atoms with Gasteiger partial charge in [0.05, 0.1) is 0 Å². The van der Waals surface area contributed by atoms with E-state index in [1.807, 2.05) is 57.3 Å². The van der Waals surface area contributed by atoms with Gasteiger partial charge < -0.3 is 5.32 Å². The lowest BCUT2D eigenvalue weighted by Crippen LogP contribution is -2.04. The molecule has 0 fully saturated rings. The van der Waals surface area contributed by atoms with Crippen LogP contribution >= 0.6 is 11.6 Å². The molecule has 0 saturated carbocycles. The van der Waals surface area contributed by atoms with Gasteiger partial charge in [-0.05, 0) is 55.2 Å². The maximum atomic E-state index is 6.60. The fourth-order valence-corrected chi connectivity index (χ4v) is 4.07. The molecular weight excluding hydrogens is 476 g/mol. The van der Waals surface area contributed by atoms with Gasteiger partial charge >= 0.3 is 0 Å². The summed E-state index contributed by atoms with van der Waals surface area (Å²) in [5.74, 6) is 1.60. The number of nitrogens with one attached hydrogen (secondary N) is 1. The Morgan fingerprint density at radius 1 is 0.892 bits per heavy atom. The van der Waals surface area contributed by atoms with Crippen molar-refractivity contribution in [3.63, 3.8) is 0 Å². The van der Waals surface area contributed by atoms with Crippen LogP contribution in [0.15, 0.2) is 98.2 Å². The van der Waals surface area contributed by atoms with Gasteiger partial charge in [0, 0.05) is 34.5 Å². The van der Waals surface area contributed by atoms with Crippen LogP contribution in [0.5, 0.6) is 0 Å². The van der Waals surface area contributed by atoms with Crippen LogP contribution in [-0.2, 0) is 0 Å². The van der Waals surface area contributed by atoms with Gasteiger partial charge in [-0.1, -0.05) is 98.5 Å². The summed E-state index contributed by atoms with van der Waals surface area (Å²) >= 11 is 6.60. The highest BCUT2D eigenvalue weighted by Gasteiger charge is 2.14. The molecule has 1 aromatic heterocycles. The zero-order valence-electron chi connectivity index (χ0n) is 21.9. The molecule has 0 bridgehead atoms. The number of benzene rings is 2. The predicted octanol–water partition coefficient (Wildman–Crippen LogP) is 8.56. The maximum absolute atomic E-state index is 6.60. The lowest BCUT2D eigenvalue weighted by molar-refractivity contribution is 1.00. The molecule has 0 amide bonds. The van der Waals surface area contributed by atoms with Crippen molar-refractivity contribution in [1.82, 2.24) is 20.3 Å². The van der Waals surface area contributed by atoms with Crippen molar-refractivity contribution in [1.29, 1.82) is 0 Å². The maximum Gasteiger partial charge on any atom is 0.164 e. The van der Waals surface area contributed by atoms with Gasteiger partial charge in [0.1, 0.15) is 0 Å². The molecule has 0 aliphatic heterocycles. The van der Waals surface area contributed by atoms with E-state index in [0.29, 0.717) is 22.5 Å². The number of hydrogen-bond donors (Lipinski definition) is 1. The Morgan fingerprint density at radius 2 is 1.54 bits per heavy atom. The molecule has 1 heterocycles.